The van der Waals surface area contributed by atoms with Gasteiger partial charge in [0.1, 0.15) is 10.9 Å². The maximum Gasteiger partial charge on any atom is 0.323 e. The van der Waals surface area contributed by atoms with Crippen LogP contribution in [-0.2, 0) is 20.8 Å². The first-order valence-electron chi connectivity index (χ1n) is 9.92. The van der Waals surface area contributed by atoms with Crippen molar-refractivity contribution < 1.29 is 19.5 Å². The summed E-state index contributed by atoms with van der Waals surface area (Å²) in [5, 5.41) is 9.20. The molecule has 0 radical (unpaired) electrons. The van der Waals surface area contributed by atoms with Gasteiger partial charge in [-0.05, 0) is 30.9 Å². The molecule has 0 aromatic heterocycles. The van der Waals surface area contributed by atoms with Crippen molar-refractivity contribution in [3.8, 4) is 0 Å². The Morgan fingerprint density at radius 1 is 0.935 bits per heavy atom. The predicted molar refractivity (Wildman–Crippen MR) is 125 cm³/mol. The molecule has 2 aliphatic heterocycles. The third-order valence-corrected chi connectivity index (χ3v) is 6.68. The van der Waals surface area contributed by atoms with Crippen molar-refractivity contribution in [1.82, 2.24) is 4.90 Å². The van der Waals surface area contributed by atoms with Crippen LogP contribution in [0.4, 0.5) is 5.69 Å². The topological polar surface area (TPSA) is 77.9 Å². The van der Waals surface area contributed by atoms with E-state index in [1.165, 1.54) is 10.5 Å². The van der Waals surface area contributed by atoms with E-state index in [0.717, 1.165) is 31.0 Å². The molecule has 0 aliphatic carbocycles. The minimum absolute atomic E-state index is 0.237. The van der Waals surface area contributed by atoms with Crippen molar-refractivity contribution in [2.24, 2.45) is 0 Å². The van der Waals surface area contributed by atoms with Gasteiger partial charge in [0.05, 0.1) is 16.2 Å². The summed E-state index contributed by atoms with van der Waals surface area (Å²) in [6.45, 7) is 0.0298. The van der Waals surface area contributed by atoms with Crippen LogP contribution in [-0.4, -0.2) is 45.2 Å². The number of fused-ring (bicyclic) bond motifs is 1. The molecular weight excluding hydrogens is 432 g/mol. The van der Waals surface area contributed by atoms with E-state index < -0.39 is 18.4 Å². The monoisotopic (exact) mass is 452 g/mol. The summed E-state index contributed by atoms with van der Waals surface area (Å²) in [4.78, 5) is 40.4. The van der Waals surface area contributed by atoms with Crippen LogP contribution in [0.25, 0.3) is 5.57 Å². The molecule has 158 valence electrons. The zero-order chi connectivity index (χ0) is 22.0. The standard InChI is InChI=1S/C23H20N2O4S2/c26-18(27)14-25-17-12-5-4-11-16(17)19(21(25)28)20-22(29)24(23(30)31-20)13-7-6-10-15-8-2-1-3-9-15/h1-5,8-9,11-12H,6-7,10,13-14H2,(H,26,27)/b20-19-. The zero-order valence-corrected chi connectivity index (χ0v) is 18.2. The lowest BCUT2D eigenvalue weighted by Gasteiger charge is -2.14. The van der Waals surface area contributed by atoms with Crippen molar-refractivity contribution in [1.29, 1.82) is 0 Å². The molecule has 2 aromatic rings. The molecule has 0 spiro atoms. The Hall–Kier alpha value is -2.97. The molecule has 0 unspecified atom stereocenters. The number of benzene rings is 2. The fourth-order valence-electron chi connectivity index (χ4n) is 3.78. The van der Waals surface area contributed by atoms with E-state index in [4.69, 9.17) is 12.2 Å². The lowest BCUT2D eigenvalue weighted by Crippen LogP contribution is -2.33. The number of carboxylic acid groups (broad SMARTS) is 1. The number of thioether (sulfide) groups is 1. The second kappa shape index (κ2) is 9.03. The number of aryl methyl sites for hydroxylation is 1. The van der Waals surface area contributed by atoms with Crippen LogP contribution in [0.15, 0.2) is 59.5 Å². The number of rotatable bonds is 7. The summed E-state index contributed by atoms with van der Waals surface area (Å²) in [6, 6.07) is 17.1. The number of carbonyl (C=O) groups excluding carboxylic acids is 2. The largest absolute Gasteiger partial charge is 0.480 e. The Morgan fingerprint density at radius 3 is 2.39 bits per heavy atom. The number of aliphatic carboxylic acids is 1. The van der Waals surface area contributed by atoms with Crippen LogP contribution in [0.1, 0.15) is 24.0 Å². The summed E-state index contributed by atoms with van der Waals surface area (Å²) in [5.74, 6) is -1.88. The number of hydrogen-bond donors (Lipinski definition) is 1. The average molecular weight is 453 g/mol. The summed E-state index contributed by atoms with van der Waals surface area (Å²) in [7, 11) is 0. The van der Waals surface area contributed by atoms with Gasteiger partial charge in [0, 0.05) is 12.1 Å². The molecule has 31 heavy (non-hydrogen) atoms. The van der Waals surface area contributed by atoms with Gasteiger partial charge in [0.15, 0.2) is 0 Å². The third-order valence-electron chi connectivity index (χ3n) is 5.23. The molecule has 2 amide bonds. The number of thiocarbonyl (C=S) groups is 1. The number of carbonyl (C=O) groups is 3. The van der Waals surface area contributed by atoms with E-state index in [9.17, 15) is 19.5 Å². The summed E-state index contributed by atoms with van der Waals surface area (Å²) >= 11 is 6.54. The Balaban J connectivity index is 1.52. The van der Waals surface area contributed by atoms with E-state index in [1.54, 1.807) is 29.2 Å². The maximum atomic E-state index is 13.1. The lowest BCUT2D eigenvalue weighted by molar-refractivity contribution is -0.136. The molecule has 6 nitrogen and oxygen atoms in total. The molecule has 2 aliphatic rings. The normalized spacial score (nSPS) is 18.1. The van der Waals surface area contributed by atoms with E-state index >= 15 is 0 Å². The number of nitrogens with zero attached hydrogens (tertiary/aromatic N) is 2. The smallest absolute Gasteiger partial charge is 0.323 e. The Bertz CT molecular complexity index is 1100. The second-order valence-electron chi connectivity index (χ2n) is 7.27. The molecule has 4 rings (SSSR count). The zero-order valence-electron chi connectivity index (χ0n) is 16.6. The van der Waals surface area contributed by atoms with Gasteiger partial charge in [-0.2, -0.15) is 0 Å². The van der Waals surface area contributed by atoms with E-state index in [2.05, 4.69) is 12.1 Å². The Labute approximate surface area is 189 Å². The first-order chi connectivity index (χ1) is 15.0. The number of amides is 2. The van der Waals surface area contributed by atoms with Gasteiger partial charge in [0.25, 0.3) is 11.8 Å². The number of unbranched alkanes of at least 4 members (excludes halogenated alkanes) is 1. The number of anilines is 1. The van der Waals surface area contributed by atoms with Crippen molar-refractivity contribution in [3.63, 3.8) is 0 Å². The molecule has 2 heterocycles. The van der Waals surface area contributed by atoms with E-state index in [-0.39, 0.29) is 16.4 Å². The number of para-hydroxylation sites is 1. The molecule has 2 aromatic carbocycles. The molecular formula is C23H20N2O4S2. The number of hydrogen-bond acceptors (Lipinski definition) is 5. The van der Waals surface area contributed by atoms with Gasteiger partial charge in [0.2, 0.25) is 0 Å². The van der Waals surface area contributed by atoms with Crippen LogP contribution < -0.4 is 4.90 Å². The predicted octanol–water partition coefficient (Wildman–Crippen LogP) is 3.71. The highest BCUT2D eigenvalue weighted by atomic mass is 32.2. The first-order valence-corrected chi connectivity index (χ1v) is 11.1. The van der Waals surface area contributed by atoms with Crippen LogP contribution in [0.5, 0.6) is 0 Å². The first kappa shape index (κ1) is 21.3. The average Bonchev–Trinajstić information content (AvgIpc) is 3.19. The lowest BCUT2D eigenvalue weighted by atomic mass is 10.1. The second-order valence-corrected chi connectivity index (χ2v) is 8.92. The van der Waals surface area contributed by atoms with Crippen molar-refractivity contribution >= 4 is 57.3 Å². The summed E-state index contributed by atoms with van der Waals surface area (Å²) < 4.78 is 0.425. The quantitative estimate of drug-likeness (QED) is 0.392. The third kappa shape index (κ3) is 4.26. The minimum atomic E-state index is -1.12. The molecule has 0 saturated carbocycles. The van der Waals surface area contributed by atoms with Gasteiger partial charge < -0.3 is 5.11 Å². The molecule has 0 atom stereocenters. The minimum Gasteiger partial charge on any atom is -0.480 e. The van der Waals surface area contributed by atoms with Gasteiger partial charge >= 0.3 is 5.97 Å². The Morgan fingerprint density at radius 2 is 1.65 bits per heavy atom. The Kier molecular flexibility index (Phi) is 6.20. The summed E-state index contributed by atoms with van der Waals surface area (Å²) in [6.07, 6.45) is 2.63. The highest BCUT2D eigenvalue weighted by Crippen LogP contribution is 2.44. The van der Waals surface area contributed by atoms with Crippen LogP contribution in [0.2, 0.25) is 0 Å². The molecule has 8 heteroatoms. The van der Waals surface area contributed by atoms with Gasteiger partial charge in [-0.1, -0.05) is 72.5 Å². The fraction of sp³-hybridized carbons (Fsp3) is 0.217. The van der Waals surface area contributed by atoms with E-state index in [1.807, 2.05) is 18.2 Å². The SMILES string of the molecule is O=C(O)CN1C(=O)/C(=C2\SC(=S)N(CCCCc3ccccc3)C2=O)c2ccccc21. The maximum absolute atomic E-state index is 13.1. The molecule has 1 fully saturated rings. The van der Waals surface area contributed by atoms with Gasteiger partial charge in [-0.15, -0.1) is 0 Å². The van der Waals surface area contributed by atoms with E-state index in [0.29, 0.717) is 22.1 Å². The van der Waals surface area contributed by atoms with Crippen LogP contribution in [0.3, 0.4) is 0 Å². The van der Waals surface area contributed by atoms with Crippen LogP contribution in [0, 0.1) is 0 Å². The van der Waals surface area contributed by atoms with Gasteiger partial charge in [-0.3, -0.25) is 24.2 Å². The van der Waals surface area contributed by atoms with Crippen molar-refractivity contribution in [2.45, 2.75) is 19.3 Å². The number of carboxylic acids is 1. The summed E-state index contributed by atoms with van der Waals surface area (Å²) in [5.41, 5.74) is 2.55. The highest BCUT2D eigenvalue weighted by molar-refractivity contribution is 8.26. The molecule has 1 saturated heterocycles. The fourth-order valence-corrected chi connectivity index (χ4v) is 5.16. The van der Waals surface area contributed by atoms with Crippen molar-refractivity contribution in [3.05, 3.63) is 70.6 Å². The highest BCUT2D eigenvalue weighted by Gasteiger charge is 2.42. The molecule has 1 N–H and O–H groups in total. The van der Waals surface area contributed by atoms with Gasteiger partial charge in [-0.25, -0.2) is 0 Å². The van der Waals surface area contributed by atoms with Crippen LogP contribution >= 0.6 is 24.0 Å². The van der Waals surface area contributed by atoms with Crippen molar-refractivity contribution in [2.75, 3.05) is 18.0 Å². The molecule has 0 bridgehead atoms.